The molecule has 1 saturated heterocycles. The van der Waals surface area contributed by atoms with Crippen LogP contribution in [0.2, 0.25) is 0 Å². The van der Waals surface area contributed by atoms with Gasteiger partial charge in [-0.05, 0) is 55.3 Å². The zero-order valence-electron chi connectivity index (χ0n) is 17.2. The second-order valence-corrected chi connectivity index (χ2v) is 8.94. The Balaban J connectivity index is 1.67. The zero-order valence-corrected chi connectivity index (χ0v) is 18.0. The largest absolute Gasteiger partial charge is 0.495 e. The second-order valence-electron chi connectivity index (χ2n) is 6.93. The van der Waals surface area contributed by atoms with Crippen LogP contribution in [0.4, 0.5) is 21.9 Å². The molecule has 0 atom stereocenters. The SMILES string of the molecule is CCCCOc1ccc(NC(=O)Nc2cc(N3CCCS3(=O)=O)ccc2OC)cc1. The lowest BCUT2D eigenvalue weighted by atomic mass is 10.2. The van der Waals surface area contributed by atoms with Crippen LogP contribution in [0.25, 0.3) is 0 Å². The second kappa shape index (κ2) is 9.71. The van der Waals surface area contributed by atoms with E-state index in [0.717, 1.165) is 18.6 Å². The van der Waals surface area contributed by atoms with E-state index in [1.54, 1.807) is 42.5 Å². The molecule has 2 amide bonds. The monoisotopic (exact) mass is 433 g/mol. The van der Waals surface area contributed by atoms with E-state index < -0.39 is 16.1 Å². The molecule has 0 radical (unpaired) electrons. The molecule has 3 rings (SSSR count). The van der Waals surface area contributed by atoms with Crippen molar-refractivity contribution in [1.82, 2.24) is 0 Å². The van der Waals surface area contributed by atoms with Crippen molar-refractivity contribution in [1.29, 1.82) is 0 Å². The summed E-state index contributed by atoms with van der Waals surface area (Å²) < 4.78 is 36.6. The van der Waals surface area contributed by atoms with Crippen molar-refractivity contribution in [2.75, 3.05) is 41.0 Å². The molecule has 30 heavy (non-hydrogen) atoms. The molecule has 0 aromatic heterocycles. The van der Waals surface area contributed by atoms with Crippen LogP contribution < -0.4 is 24.4 Å². The maximum atomic E-state index is 12.5. The van der Waals surface area contributed by atoms with Gasteiger partial charge in [0.1, 0.15) is 11.5 Å². The lowest BCUT2D eigenvalue weighted by Gasteiger charge is -2.19. The van der Waals surface area contributed by atoms with Crippen molar-refractivity contribution in [2.45, 2.75) is 26.2 Å². The maximum Gasteiger partial charge on any atom is 0.323 e. The Hall–Kier alpha value is -2.94. The average molecular weight is 434 g/mol. The summed E-state index contributed by atoms with van der Waals surface area (Å²) in [5, 5.41) is 5.48. The van der Waals surface area contributed by atoms with Crippen molar-refractivity contribution in [3.8, 4) is 11.5 Å². The number of ether oxygens (including phenoxy) is 2. The highest BCUT2D eigenvalue weighted by molar-refractivity contribution is 7.93. The van der Waals surface area contributed by atoms with E-state index in [1.807, 2.05) is 0 Å². The van der Waals surface area contributed by atoms with Gasteiger partial charge >= 0.3 is 6.03 Å². The Morgan fingerprint density at radius 3 is 2.53 bits per heavy atom. The Morgan fingerprint density at radius 1 is 1.13 bits per heavy atom. The number of carbonyl (C=O) groups is 1. The molecule has 0 bridgehead atoms. The highest BCUT2D eigenvalue weighted by atomic mass is 32.2. The molecule has 2 N–H and O–H groups in total. The average Bonchev–Trinajstić information content (AvgIpc) is 3.08. The first-order valence-electron chi connectivity index (χ1n) is 9.92. The van der Waals surface area contributed by atoms with Gasteiger partial charge in [0, 0.05) is 12.2 Å². The standard InChI is InChI=1S/C21H27N3O5S/c1-3-4-13-29-18-9-6-16(7-10-18)22-21(25)23-19-15-17(8-11-20(19)28-2)24-12-5-14-30(24,26)27/h6-11,15H,3-5,12-14H2,1-2H3,(H2,22,23,25). The normalized spacial score (nSPS) is 14.9. The number of benzene rings is 2. The molecular formula is C21H27N3O5S. The molecule has 0 unspecified atom stereocenters. The molecule has 2 aromatic rings. The third kappa shape index (κ3) is 5.35. The van der Waals surface area contributed by atoms with Gasteiger partial charge in [-0.1, -0.05) is 13.3 Å². The van der Waals surface area contributed by atoms with Crippen molar-refractivity contribution >= 4 is 33.1 Å². The van der Waals surface area contributed by atoms with Crippen LogP contribution in [0, 0.1) is 0 Å². The fourth-order valence-electron chi connectivity index (χ4n) is 3.13. The van der Waals surface area contributed by atoms with Crippen molar-refractivity contribution in [3.05, 3.63) is 42.5 Å². The van der Waals surface area contributed by atoms with E-state index in [0.29, 0.717) is 42.4 Å². The Kier molecular flexibility index (Phi) is 7.04. The minimum absolute atomic E-state index is 0.125. The quantitative estimate of drug-likeness (QED) is 0.612. The summed E-state index contributed by atoms with van der Waals surface area (Å²) in [5.41, 5.74) is 1.49. The number of unbranched alkanes of at least 4 members (excludes halogenated alkanes) is 1. The summed E-state index contributed by atoms with van der Waals surface area (Å²) in [6, 6.07) is 11.6. The molecule has 0 aliphatic carbocycles. The molecule has 1 heterocycles. The Morgan fingerprint density at radius 2 is 1.90 bits per heavy atom. The number of rotatable bonds is 8. The highest BCUT2D eigenvalue weighted by Gasteiger charge is 2.29. The molecule has 1 fully saturated rings. The van der Waals surface area contributed by atoms with Gasteiger partial charge in [-0.25, -0.2) is 13.2 Å². The smallest absolute Gasteiger partial charge is 0.323 e. The van der Waals surface area contributed by atoms with Crippen molar-refractivity contribution < 1.29 is 22.7 Å². The number of anilines is 3. The molecule has 162 valence electrons. The molecule has 9 heteroatoms. The third-order valence-corrected chi connectivity index (χ3v) is 6.57. The number of amides is 2. The van der Waals surface area contributed by atoms with Gasteiger partial charge < -0.3 is 20.1 Å². The van der Waals surface area contributed by atoms with Crippen molar-refractivity contribution in [3.63, 3.8) is 0 Å². The topological polar surface area (TPSA) is 97.0 Å². The van der Waals surface area contributed by atoms with Gasteiger partial charge in [0.15, 0.2) is 0 Å². The van der Waals surface area contributed by atoms with Crippen molar-refractivity contribution in [2.24, 2.45) is 0 Å². The van der Waals surface area contributed by atoms with Crippen LogP contribution in [0.3, 0.4) is 0 Å². The lowest BCUT2D eigenvalue weighted by Crippen LogP contribution is -2.25. The summed E-state index contributed by atoms with van der Waals surface area (Å²) >= 11 is 0. The summed E-state index contributed by atoms with van der Waals surface area (Å²) in [4.78, 5) is 12.5. The van der Waals surface area contributed by atoms with E-state index in [4.69, 9.17) is 9.47 Å². The Bertz CT molecular complexity index is 977. The molecule has 1 aliphatic heterocycles. The van der Waals surface area contributed by atoms with Gasteiger partial charge in [0.05, 0.1) is 30.8 Å². The van der Waals surface area contributed by atoms with Crippen LogP contribution in [-0.4, -0.2) is 40.5 Å². The van der Waals surface area contributed by atoms with E-state index in [1.165, 1.54) is 11.4 Å². The van der Waals surface area contributed by atoms with E-state index in [9.17, 15) is 13.2 Å². The Labute approximate surface area is 177 Å². The number of urea groups is 1. The highest BCUT2D eigenvalue weighted by Crippen LogP contribution is 2.32. The summed E-state index contributed by atoms with van der Waals surface area (Å²) in [6.45, 7) is 3.18. The molecule has 1 aliphatic rings. The minimum Gasteiger partial charge on any atom is -0.495 e. The molecule has 0 saturated carbocycles. The fourth-order valence-corrected chi connectivity index (χ4v) is 4.69. The van der Waals surface area contributed by atoms with Gasteiger partial charge in [-0.2, -0.15) is 0 Å². The summed E-state index contributed by atoms with van der Waals surface area (Å²) in [5.74, 6) is 1.31. The number of carbonyl (C=O) groups excluding carboxylic acids is 1. The van der Waals surface area contributed by atoms with Gasteiger partial charge in [0.2, 0.25) is 10.0 Å². The lowest BCUT2D eigenvalue weighted by molar-refractivity contribution is 0.262. The zero-order chi connectivity index (χ0) is 21.6. The molecular weight excluding hydrogens is 406 g/mol. The van der Waals surface area contributed by atoms with E-state index >= 15 is 0 Å². The van der Waals surface area contributed by atoms with Gasteiger partial charge in [0.25, 0.3) is 0 Å². The fraction of sp³-hybridized carbons (Fsp3) is 0.381. The van der Waals surface area contributed by atoms with Crippen LogP contribution in [-0.2, 0) is 10.0 Å². The first-order chi connectivity index (χ1) is 14.4. The van der Waals surface area contributed by atoms with E-state index in [2.05, 4.69) is 17.6 Å². The molecule has 8 nitrogen and oxygen atoms in total. The predicted octanol–water partition coefficient (Wildman–Crippen LogP) is 4.06. The van der Waals surface area contributed by atoms with Crippen LogP contribution in [0.5, 0.6) is 11.5 Å². The van der Waals surface area contributed by atoms with Crippen LogP contribution in [0.1, 0.15) is 26.2 Å². The van der Waals surface area contributed by atoms with Crippen LogP contribution in [0.15, 0.2) is 42.5 Å². The van der Waals surface area contributed by atoms with Gasteiger partial charge in [-0.15, -0.1) is 0 Å². The number of hydrogen-bond donors (Lipinski definition) is 2. The minimum atomic E-state index is -3.31. The van der Waals surface area contributed by atoms with Gasteiger partial charge in [-0.3, -0.25) is 4.31 Å². The third-order valence-electron chi connectivity index (χ3n) is 4.70. The number of hydrogen-bond acceptors (Lipinski definition) is 5. The first-order valence-corrected chi connectivity index (χ1v) is 11.5. The number of sulfonamides is 1. The molecule has 2 aromatic carbocycles. The van der Waals surface area contributed by atoms with Crippen LogP contribution >= 0.6 is 0 Å². The first kappa shape index (κ1) is 21.8. The number of nitrogens with one attached hydrogen (secondary N) is 2. The summed E-state index contributed by atoms with van der Waals surface area (Å²) in [7, 11) is -1.83. The number of methoxy groups -OCH3 is 1. The summed E-state index contributed by atoms with van der Waals surface area (Å²) in [6.07, 6.45) is 2.63. The predicted molar refractivity (Wildman–Crippen MR) is 118 cm³/mol. The maximum absolute atomic E-state index is 12.5. The van der Waals surface area contributed by atoms with E-state index in [-0.39, 0.29) is 5.75 Å². The molecule has 0 spiro atoms. The number of nitrogens with zero attached hydrogens (tertiary/aromatic N) is 1.